The third kappa shape index (κ3) is 3.13. The fourth-order valence-corrected chi connectivity index (χ4v) is 2.47. The van der Waals surface area contributed by atoms with Crippen LogP contribution < -0.4 is 10.6 Å². The number of hydrogen-bond donors (Lipinski definition) is 1. The molecule has 1 atom stereocenters. The minimum atomic E-state index is 0.345. The molecule has 2 rings (SSSR count). The van der Waals surface area contributed by atoms with E-state index in [1.54, 1.807) is 6.20 Å². The molecular formula is C14H23N3O. The van der Waals surface area contributed by atoms with Crippen LogP contribution in [-0.2, 0) is 4.74 Å². The molecule has 18 heavy (non-hydrogen) atoms. The average Bonchev–Trinajstić information content (AvgIpc) is 2.36. The zero-order valence-corrected chi connectivity index (χ0v) is 11.4. The molecule has 1 saturated heterocycles. The molecule has 0 amide bonds. The third-order valence-electron chi connectivity index (χ3n) is 3.31. The maximum absolute atomic E-state index is 5.85. The topological polar surface area (TPSA) is 51.4 Å². The Kier molecular flexibility index (Phi) is 4.42. The molecule has 0 bridgehead atoms. The van der Waals surface area contributed by atoms with Gasteiger partial charge in [-0.1, -0.05) is 6.92 Å². The zero-order chi connectivity index (χ0) is 13.0. The van der Waals surface area contributed by atoms with Gasteiger partial charge < -0.3 is 15.4 Å². The van der Waals surface area contributed by atoms with Gasteiger partial charge in [-0.25, -0.2) is 4.98 Å². The van der Waals surface area contributed by atoms with E-state index in [4.69, 9.17) is 10.5 Å². The van der Waals surface area contributed by atoms with Crippen molar-refractivity contribution < 1.29 is 4.74 Å². The number of nitrogens with zero attached hydrogens (tertiary/aromatic N) is 2. The summed E-state index contributed by atoms with van der Waals surface area (Å²) in [5, 5.41) is 0. The normalized spacial score (nSPS) is 20.1. The van der Waals surface area contributed by atoms with E-state index in [9.17, 15) is 0 Å². The Balaban J connectivity index is 2.03. The van der Waals surface area contributed by atoms with E-state index in [0.29, 0.717) is 6.10 Å². The molecule has 0 radical (unpaired) electrons. The molecular weight excluding hydrogens is 226 g/mol. The van der Waals surface area contributed by atoms with Gasteiger partial charge in [0.1, 0.15) is 5.82 Å². The summed E-state index contributed by atoms with van der Waals surface area (Å²) in [4.78, 5) is 6.78. The summed E-state index contributed by atoms with van der Waals surface area (Å²) in [7, 11) is 0. The van der Waals surface area contributed by atoms with Crippen molar-refractivity contribution in [1.29, 1.82) is 0 Å². The summed E-state index contributed by atoms with van der Waals surface area (Å²) in [5.74, 6) is 1.05. The number of ether oxygens (including phenoxy) is 1. The van der Waals surface area contributed by atoms with Crippen LogP contribution in [0.3, 0.4) is 0 Å². The van der Waals surface area contributed by atoms with Gasteiger partial charge in [0.05, 0.1) is 18.0 Å². The Hall–Kier alpha value is -1.29. The van der Waals surface area contributed by atoms with Crippen molar-refractivity contribution in [3.05, 3.63) is 17.8 Å². The van der Waals surface area contributed by atoms with Crippen LogP contribution in [-0.4, -0.2) is 30.8 Å². The lowest BCUT2D eigenvalue weighted by Crippen LogP contribution is -2.40. The first-order chi connectivity index (χ1) is 8.70. The van der Waals surface area contributed by atoms with Crippen molar-refractivity contribution in [3.8, 4) is 0 Å². The SMILES string of the molecule is CCCOC1CCCN(c2ncc(N)cc2C)C1. The van der Waals surface area contributed by atoms with Crippen LogP contribution in [0.15, 0.2) is 12.3 Å². The van der Waals surface area contributed by atoms with Gasteiger partial charge in [0.2, 0.25) is 0 Å². The maximum atomic E-state index is 5.85. The predicted octanol–water partition coefficient (Wildman–Crippen LogP) is 2.37. The van der Waals surface area contributed by atoms with Crippen LogP contribution in [0.5, 0.6) is 0 Å². The standard InChI is InChI=1S/C14H23N3O/c1-3-7-18-13-5-4-6-17(10-13)14-11(2)8-12(15)9-16-14/h8-9,13H,3-7,10,15H2,1-2H3. The lowest BCUT2D eigenvalue weighted by molar-refractivity contribution is 0.0439. The highest BCUT2D eigenvalue weighted by molar-refractivity contribution is 5.52. The molecule has 0 spiro atoms. The number of hydrogen-bond acceptors (Lipinski definition) is 4. The van der Waals surface area contributed by atoms with Crippen LogP contribution in [0.25, 0.3) is 0 Å². The molecule has 100 valence electrons. The van der Waals surface area contributed by atoms with Crippen molar-refractivity contribution in [2.24, 2.45) is 0 Å². The van der Waals surface area contributed by atoms with Crippen LogP contribution in [0.4, 0.5) is 11.5 Å². The molecule has 2 heterocycles. The summed E-state index contributed by atoms with van der Waals surface area (Å²) in [6.07, 6.45) is 5.48. The number of rotatable bonds is 4. The zero-order valence-electron chi connectivity index (χ0n) is 11.4. The molecule has 1 unspecified atom stereocenters. The van der Waals surface area contributed by atoms with Crippen LogP contribution in [0, 0.1) is 6.92 Å². The second-order valence-corrected chi connectivity index (χ2v) is 4.99. The van der Waals surface area contributed by atoms with Crippen molar-refractivity contribution in [2.45, 2.75) is 39.2 Å². The van der Waals surface area contributed by atoms with E-state index in [2.05, 4.69) is 23.7 Å². The number of nitrogen functional groups attached to an aromatic ring is 1. The lowest BCUT2D eigenvalue weighted by atomic mass is 10.1. The minimum Gasteiger partial charge on any atom is -0.397 e. The Morgan fingerprint density at radius 2 is 2.39 bits per heavy atom. The first kappa shape index (κ1) is 13.1. The fraction of sp³-hybridized carbons (Fsp3) is 0.643. The Morgan fingerprint density at radius 3 is 3.11 bits per heavy atom. The average molecular weight is 249 g/mol. The second kappa shape index (κ2) is 6.05. The summed E-state index contributed by atoms with van der Waals surface area (Å²) in [5.41, 5.74) is 7.62. The summed E-state index contributed by atoms with van der Waals surface area (Å²) < 4.78 is 5.85. The van der Waals surface area contributed by atoms with Crippen molar-refractivity contribution in [3.63, 3.8) is 0 Å². The van der Waals surface area contributed by atoms with Gasteiger partial charge in [-0.15, -0.1) is 0 Å². The van der Waals surface area contributed by atoms with Crippen LogP contribution in [0.2, 0.25) is 0 Å². The molecule has 1 aromatic heterocycles. The van der Waals surface area contributed by atoms with E-state index < -0.39 is 0 Å². The molecule has 0 aliphatic carbocycles. The van der Waals surface area contributed by atoms with Gasteiger partial charge in [-0.3, -0.25) is 0 Å². The summed E-state index contributed by atoms with van der Waals surface area (Å²) >= 11 is 0. The number of piperidine rings is 1. The molecule has 1 aliphatic rings. The molecule has 2 N–H and O–H groups in total. The molecule has 0 aromatic carbocycles. The quantitative estimate of drug-likeness (QED) is 0.890. The number of nitrogens with two attached hydrogens (primary N) is 1. The van der Waals surface area contributed by atoms with Crippen molar-refractivity contribution in [1.82, 2.24) is 4.98 Å². The van der Waals surface area contributed by atoms with E-state index in [-0.39, 0.29) is 0 Å². The Morgan fingerprint density at radius 1 is 1.56 bits per heavy atom. The molecule has 0 saturated carbocycles. The highest BCUT2D eigenvalue weighted by atomic mass is 16.5. The first-order valence-corrected chi connectivity index (χ1v) is 6.79. The number of pyridine rings is 1. The minimum absolute atomic E-state index is 0.345. The molecule has 1 aromatic rings. The smallest absolute Gasteiger partial charge is 0.131 e. The van der Waals surface area contributed by atoms with Crippen molar-refractivity contribution >= 4 is 11.5 Å². The van der Waals surface area contributed by atoms with E-state index >= 15 is 0 Å². The predicted molar refractivity (Wildman–Crippen MR) is 74.9 cm³/mol. The summed E-state index contributed by atoms with van der Waals surface area (Å²) in [6, 6.07) is 1.98. The highest BCUT2D eigenvalue weighted by Crippen LogP contribution is 2.23. The second-order valence-electron chi connectivity index (χ2n) is 4.99. The molecule has 1 aliphatic heterocycles. The van der Waals surface area contributed by atoms with Crippen LogP contribution in [0.1, 0.15) is 31.7 Å². The monoisotopic (exact) mass is 249 g/mol. The molecule has 4 heteroatoms. The molecule has 1 fully saturated rings. The third-order valence-corrected chi connectivity index (χ3v) is 3.31. The lowest BCUT2D eigenvalue weighted by Gasteiger charge is -2.34. The number of anilines is 2. The Labute approximate surface area is 109 Å². The summed E-state index contributed by atoms with van der Waals surface area (Å²) in [6.45, 7) is 7.07. The van der Waals surface area contributed by atoms with E-state index in [1.165, 1.54) is 6.42 Å². The Bertz CT molecular complexity index is 395. The first-order valence-electron chi connectivity index (χ1n) is 6.79. The van der Waals surface area contributed by atoms with Gasteiger partial charge in [-0.05, 0) is 37.8 Å². The van der Waals surface area contributed by atoms with E-state index in [1.807, 2.05) is 6.07 Å². The van der Waals surface area contributed by atoms with Crippen molar-refractivity contribution in [2.75, 3.05) is 30.3 Å². The van der Waals surface area contributed by atoms with Gasteiger partial charge in [0.15, 0.2) is 0 Å². The van der Waals surface area contributed by atoms with E-state index in [0.717, 1.165) is 49.6 Å². The fourth-order valence-electron chi connectivity index (χ4n) is 2.47. The van der Waals surface area contributed by atoms with Crippen LogP contribution >= 0.6 is 0 Å². The number of aromatic nitrogens is 1. The van der Waals surface area contributed by atoms with Gasteiger partial charge in [0, 0.05) is 19.7 Å². The molecule has 4 nitrogen and oxygen atoms in total. The highest BCUT2D eigenvalue weighted by Gasteiger charge is 2.22. The maximum Gasteiger partial charge on any atom is 0.131 e. The van der Waals surface area contributed by atoms with Gasteiger partial charge >= 0.3 is 0 Å². The number of aryl methyl sites for hydroxylation is 1. The van der Waals surface area contributed by atoms with Gasteiger partial charge in [-0.2, -0.15) is 0 Å². The largest absolute Gasteiger partial charge is 0.397 e. The van der Waals surface area contributed by atoms with Gasteiger partial charge in [0.25, 0.3) is 0 Å².